The van der Waals surface area contributed by atoms with E-state index in [1.807, 2.05) is 0 Å². The van der Waals surface area contributed by atoms with Gasteiger partial charge in [-0.25, -0.2) is 22.8 Å². The van der Waals surface area contributed by atoms with Crippen LogP contribution in [0, 0.1) is 5.82 Å². The molecule has 1 aliphatic rings. The Hall–Kier alpha value is -3.13. The normalized spacial score (nSPS) is 13.9. The molecule has 0 bridgehead atoms. The number of carbonyl (C=O) groups is 1. The molecule has 1 aromatic heterocycles. The average Bonchev–Trinajstić information content (AvgIpc) is 3.57. The Morgan fingerprint density at radius 2 is 1.97 bits per heavy atom. The fraction of sp³-hybridized carbons (Fsp3) is 0.261. The van der Waals surface area contributed by atoms with Crippen LogP contribution in [0.3, 0.4) is 0 Å². The van der Waals surface area contributed by atoms with E-state index in [1.165, 1.54) is 24.3 Å². The van der Waals surface area contributed by atoms with E-state index in [0.29, 0.717) is 29.2 Å². The number of rotatable bonds is 7. The number of nitrogens with zero attached hydrogens (tertiary/aromatic N) is 2. The predicted octanol–water partition coefficient (Wildman–Crippen LogP) is 3.96. The number of benzene rings is 2. The Labute approximate surface area is 180 Å². The Bertz CT molecular complexity index is 1270. The number of hydrogen-bond acceptors (Lipinski definition) is 6. The van der Waals surface area contributed by atoms with Gasteiger partial charge in [-0.1, -0.05) is 18.2 Å². The Kier molecular flexibility index (Phi) is 5.58. The van der Waals surface area contributed by atoms with E-state index in [4.69, 9.17) is 5.73 Å². The summed E-state index contributed by atoms with van der Waals surface area (Å²) >= 11 is 0. The molecule has 8 heteroatoms. The first kappa shape index (κ1) is 21.1. The zero-order valence-electron chi connectivity index (χ0n) is 17.0. The molecule has 2 aromatic carbocycles. The predicted molar refractivity (Wildman–Crippen MR) is 116 cm³/mol. The van der Waals surface area contributed by atoms with Gasteiger partial charge >= 0.3 is 0 Å². The number of nitrogens with two attached hydrogens (primary N) is 1. The summed E-state index contributed by atoms with van der Waals surface area (Å²) in [5.41, 5.74) is 8.36. The number of anilines is 1. The summed E-state index contributed by atoms with van der Waals surface area (Å²) in [6.45, 7) is 0. The van der Waals surface area contributed by atoms with Gasteiger partial charge in [-0.05, 0) is 49.1 Å². The van der Waals surface area contributed by atoms with E-state index in [9.17, 15) is 17.6 Å². The summed E-state index contributed by atoms with van der Waals surface area (Å²) in [6.07, 6.45) is 5.28. The molecule has 0 radical (unpaired) electrons. The highest BCUT2D eigenvalue weighted by atomic mass is 32.2. The van der Waals surface area contributed by atoms with Gasteiger partial charge in [0.2, 0.25) is 0 Å². The number of nitrogen functional groups attached to an aromatic ring is 1. The fourth-order valence-corrected chi connectivity index (χ4v) is 4.10. The van der Waals surface area contributed by atoms with E-state index < -0.39 is 15.7 Å². The van der Waals surface area contributed by atoms with Crippen molar-refractivity contribution in [2.75, 3.05) is 12.0 Å². The van der Waals surface area contributed by atoms with Crippen LogP contribution in [0.2, 0.25) is 0 Å². The molecule has 31 heavy (non-hydrogen) atoms. The third-order valence-electron chi connectivity index (χ3n) is 5.33. The van der Waals surface area contributed by atoms with Crippen LogP contribution in [0.1, 0.15) is 46.8 Å². The minimum atomic E-state index is -3.33. The molecular weight excluding hydrogens is 417 g/mol. The molecule has 1 heterocycles. The molecule has 4 rings (SSSR count). The first-order valence-electron chi connectivity index (χ1n) is 9.97. The molecule has 3 aromatic rings. The quantitative estimate of drug-likeness (QED) is 0.559. The topological polar surface area (TPSA) is 103 Å². The van der Waals surface area contributed by atoms with Crippen LogP contribution < -0.4 is 5.73 Å². The molecule has 0 amide bonds. The molecule has 1 saturated carbocycles. The highest BCUT2D eigenvalue weighted by Gasteiger charge is 2.26. The van der Waals surface area contributed by atoms with Crippen molar-refractivity contribution in [2.45, 2.75) is 36.5 Å². The number of sulfone groups is 1. The SMILES string of the molecule is CS(=O)(=O)c1cccc(CCC(=O)c2ccc(-c3nc(C4CC4)cnc3N)cc2F)c1. The molecule has 0 unspecified atom stereocenters. The van der Waals surface area contributed by atoms with Gasteiger partial charge in [-0.15, -0.1) is 0 Å². The van der Waals surface area contributed by atoms with Crippen LogP contribution in [0.4, 0.5) is 10.2 Å². The van der Waals surface area contributed by atoms with Crippen molar-refractivity contribution >= 4 is 21.4 Å². The molecule has 1 fully saturated rings. The summed E-state index contributed by atoms with van der Waals surface area (Å²) in [4.78, 5) is 21.5. The van der Waals surface area contributed by atoms with Crippen molar-refractivity contribution in [3.63, 3.8) is 0 Å². The zero-order chi connectivity index (χ0) is 22.2. The van der Waals surface area contributed by atoms with Crippen LogP contribution in [0.25, 0.3) is 11.3 Å². The van der Waals surface area contributed by atoms with E-state index in [-0.39, 0.29) is 28.5 Å². The average molecular weight is 440 g/mol. The van der Waals surface area contributed by atoms with Crippen LogP contribution in [-0.4, -0.2) is 30.4 Å². The zero-order valence-corrected chi connectivity index (χ0v) is 17.8. The van der Waals surface area contributed by atoms with Crippen molar-refractivity contribution in [1.82, 2.24) is 9.97 Å². The van der Waals surface area contributed by atoms with Crippen LogP contribution in [0.5, 0.6) is 0 Å². The highest BCUT2D eigenvalue weighted by molar-refractivity contribution is 7.90. The third kappa shape index (κ3) is 4.80. The summed E-state index contributed by atoms with van der Waals surface area (Å²) in [6, 6.07) is 10.7. The van der Waals surface area contributed by atoms with Crippen LogP contribution in [0.15, 0.2) is 53.6 Å². The number of hydrogen-bond donors (Lipinski definition) is 1. The largest absolute Gasteiger partial charge is 0.382 e. The Balaban J connectivity index is 1.51. The maximum Gasteiger partial charge on any atom is 0.175 e. The van der Waals surface area contributed by atoms with Crippen LogP contribution in [-0.2, 0) is 16.3 Å². The Morgan fingerprint density at radius 3 is 2.65 bits per heavy atom. The van der Waals surface area contributed by atoms with Crippen molar-refractivity contribution in [3.05, 3.63) is 71.3 Å². The second kappa shape index (κ2) is 8.19. The molecule has 0 spiro atoms. The lowest BCUT2D eigenvalue weighted by Crippen LogP contribution is -2.06. The summed E-state index contributed by atoms with van der Waals surface area (Å²) in [7, 11) is -3.33. The molecule has 1 aliphatic carbocycles. The number of carbonyl (C=O) groups excluding carboxylic acids is 1. The molecule has 2 N–H and O–H groups in total. The number of aromatic nitrogens is 2. The van der Waals surface area contributed by atoms with Gasteiger partial charge in [0, 0.05) is 24.2 Å². The van der Waals surface area contributed by atoms with Gasteiger partial charge in [-0.3, -0.25) is 4.79 Å². The van der Waals surface area contributed by atoms with Gasteiger partial charge in [0.1, 0.15) is 17.3 Å². The van der Waals surface area contributed by atoms with Gasteiger partial charge in [0.25, 0.3) is 0 Å². The lowest BCUT2D eigenvalue weighted by Gasteiger charge is -2.09. The maximum atomic E-state index is 14.7. The van der Waals surface area contributed by atoms with Crippen molar-refractivity contribution in [1.29, 1.82) is 0 Å². The summed E-state index contributed by atoms with van der Waals surface area (Å²) in [5, 5.41) is 0. The molecular formula is C23H22FN3O3S. The molecule has 0 atom stereocenters. The van der Waals surface area contributed by atoms with Crippen molar-refractivity contribution in [2.24, 2.45) is 0 Å². The highest BCUT2D eigenvalue weighted by Crippen LogP contribution is 2.40. The van der Waals surface area contributed by atoms with E-state index in [2.05, 4.69) is 9.97 Å². The van der Waals surface area contributed by atoms with Crippen molar-refractivity contribution < 1.29 is 17.6 Å². The van der Waals surface area contributed by atoms with Gasteiger partial charge in [0.05, 0.1) is 22.3 Å². The molecule has 0 aliphatic heterocycles. The number of Topliss-reactive ketones (excluding diaryl/α,β-unsaturated/α-hetero) is 1. The Morgan fingerprint density at radius 1 is 1.19 bits per heavy atom. The minimum absolute atomic E-state index is 0.0205. The fourth-order valence-electron chi connectivity index (χ4n) is 3.41. The molecule has 0 saturated heterocycles. The number of ketones is 1. The first-order valence-corrected chi connectivity index (χ1v) is 11.9. The second-order valence-electron chi connectivity index (χ2n) is 7.84. The summed E-state index contributed by atoms with van der Waals surface area (Å²) < 4.78 is 38.1. The second-order valence-corrected chi connectivity index (χ2v) is 9.86. The minimum Gasteiger partial charge on any atom is -0.382 e. The lowest BCUT2D eigenvalue weighted by molar-refractivity contribution is 0.0979. The number of aryl methyl sites for hydroxylation is 1. The van der Waals surface area contributed by atoms with E-state index >= 15 is 0 Å². The summed E-state index contributed by atoms with van der Waals surface area (Å²) in [5.74, 6) is -0.405. The number of halogens is 1. The lowest BCUT2D eigenvalue weighted by atomic mass is 10.00. The van der Waals surface area contributed by atoms with E-state index in [1.54, 1.807) is 24.4 Å². The third-order valence-corrected chi connectivity index (χ3v) is 6.44. The first-order chi connectivity index (χ1) is 14.7. The van der Waals surface area contributed by atoms with Gasteiger partial charge in [0.15, 0.2) is 15.6 Å². The van der Waals surface area contributed by atoms with Gasteiger partial charge in [-0.2, -0.15) is 0 Å². The standard InChI is InChI=1S/C23H22FN3O3S/c1-31(29,30)17-4-2-3-14(11-17)5-10-21(28)18-9-8-16(12-19(18)24)22-23(25)26-13-20(27-22)15-6-7-15/h2-4,8-9,11-13,15H,5-7,10H2,1H3,(H2,25,26). The van der Waals surface area contributed by atoms with Crippen molar-refractivity contribution in [3.8, 4) is 11.3 Å². The monoisotopic (exact) mass is 439 g/mol. The molecule has 160 valence electrons. The smallest absolute Gasteiger partial charge is 0.175 e. The maximum absolute atomic E-state index is 14.7. The van der Waals surface area contributed by atoms with Gasteiger partial charge < -0.3 is 5.73 Å². The van der Waals surface area contributed by atoms with Crippen LogP contribution >= 0.6 is 0 Å². The molecule has 6 nitrogen and oxygen atoms in total. The van der Waals surface area contributed by atoms with E-state index in [0.717, 1.165) is 24.8 Å².